The van der Waals surface area contributed by atoms with Gasteiger partial charge < -0.3 is 5.73 Å². The molecule has 0 amide bonds. The van der Waals surface area contributed by atoms with Crippen molar-refractivity contribution >= 4 is 15.8 Å². The first kappa shape index (κ1) is 17.8. The summed E-state index contributed by atoms with van der Waals surface area (Å²) < 4.78 is 28.6. The van der Waals surface area contributed by atoms with E-state index < -0.39 is 10.0 Å². The van der Waals surface area contributed by atoms with E-state index in [0.717, 1.165) is 19.3 Å². The second-order valence-corrected chi connectivity index (χ2v) is 8.03. The summed E-state index contributed by atoms with van der Waals surface area (Å²) in [6.45, 7) is 0.456. The molecule has 2 aromatic carbocycles. The van der Waals surface area contributed by atoms with Crippen molar-refractivity contribution in [1.29, 1.82) is 0 Å². The van der Waals surface area contributed by atoms with Crippen LogP contribution in [0.2, 0.25) is 0 Å². The van der Waals surface area contributed by atoms with E-state index in [4.69, 9.17) is 5.73 Å². The molecule has 3 rings (SSSR count). The van der Waals surface area contributed by atoms with Crippen molar-refractivity contribution in [2.75, 3.05) is 6.54 Å². The van der Waals surface area contributed by atoms with Crippen LogP contribution < -0.4 is 10.5 Å². The maximum atomic E-state index is 12.9. The topological polar surface area (TPSA) is 89.3 Å². The molecule has 132 valence electrons. The Morgan fingerprint density at radius 1 is 1.04 bits per heavy atom. The minimum absolute atomic E-state index is 0.0199. The highest BCUT2D eigenvalue weighted by Gasteiger charge is 2.32. The van der Waals surface area contributed by atoms with Crippen molar-refractivity contribution in [2.24, 2.45) is 11.7 Å². The fourth-order valence-corrected chi connectivity index (χ4v) is 4.91. The van der Waals surface area contributed by atoms with Gasteiger partial charge in [0.1, 0.15) is 0 Å². The lowest BCUT2D eigenvalue weighted by atomic mass is 10.0. The third kappa shape index (κ3) is 3.81. The molecule has 0 bridgehead atoms. The number of hydrogen-bond donors (Lipinski definition) is 2. The van der Waals surface area contributed by atoms with Crippen LogP contribution in [0.3, 0.4) is 0 Å². The van der Waals surface area contributed by atoms with Crippen LogP contribution in [0.25, 0.3) is 0 Å². The molecule has 1 fully saturated rings. The Morgan fingerprint density at radius 2 is 1.72 bits per heavy atom. The second-order valence-electron chi connectivity index (χ2n) is 6.35. The van der Waals surface area contributed by atoms with Crippen LogP contribution in [0.4, 0.5) is 0 Å². The van der Waals surface area contributed by atoms with Gasteiger partial charge in [-0.15, -0.1) is 0 Å². The predicted molar refractivity (Wildman–Crippen MR) is 96.8 cm³/mol. The Hall–Kier alpha value is -2.02. The third-order valence-corrected chi connectivity index (χ3v) is 6.27. The third-order valence-electron chi connectivity index (χ3n) is 4.73. The maximum Gasteiger partial charge on any atom is 0.241 e. The minimum Gasteiger partial charge on any atom is -0.330 e. The second kappa shape index (κ2) is 7.47. The van der Waals surface area contributed by atoms with Crippen molar-refractivity contribution < 1.29 is 13.2 Å². The van der Waals surface area contributed by atoms with Gasteiger partial charge in [-0.3, -0.25) is 4.79 Å². The Morgan fingerprint density at radius 3 is 2.44 bits per heavy atom. The fraction of sp³-hybridized carbons (Fsp3) is 0.316. The van der Waals surface area contributed by atoms with Gasteiger partial charge in [-0.25, -0.2) is 13.1 Å². The first-order chi connectivity index (χ1) is 12.0. The van der Waals surface area contributed by atoms with Gasteiger partial charge in [0.25, 0.3) is 0 Å². The Labute approximate surface area is 148 Å². The Kier molecular flexibility index (Phi) is 5.32. The predicted octanol–water partition coefficient (Wildman–Crippen LogP) is 2.32. The smallest absolute Gasteiger partial charge is 0.241 e. The summed E-state index contributed by atoms with van der Waals surface area (Å²) in [4.78, 5) is 12.8. The molecule has 2 aromatic rings. The van der Waals surface area contributed by atoms with E-state index in [1.807, 2.05) is 6.07 Å². The molecule has 0 spiro atoms. The number of ketones is 1. The van der Waals surface area contributed by atoms with E-state index in [9.17, 15) is 13.2 Å². The molecular weight excluding hydrogens is 336 g/mol. The summed E-state index contributed by atoms with van der Waals surface area (Å²) >= 11 is 0. The monoisotopic (exact) mass is 358 g/mol. The zero-order valence-corrected chi connectivity index (χ0v) is 14.7. The van der Waals surface area contributed by atoms with Gasteiger partial charge in [-0.1, -0.05) is 48.9 Å². The first-order valence-electron chi connectivity index (χ1n) is 8.44. The first-order valence-corrected chi connectivity index (χ1v) is 9.92. The fourth-order valence-electron chi connectivity index (χ4n) is 3.37. The summed E-state index contributed by atoms with van der Waals surface area (Å²) in [6, 6.07) is 14.9. The molecule has 0 heterocycles. The van der Waals surface area contributed by atoms with Gasteiger partial charge in [0.2, 0.25) is 10.0 Å². The number of carbonyl (C=O) groups is 1. The van der Waals surface area contributed by atoms with Gasteiger partial charge in [0, 0.05) is 17.2 Å². The molecule has 2 atom stereocenters. The molecule has 0 aromatic heterocycles. The standard InChI is InChI=1S/C19H22N2O3S/c20-13-15-9-6-11-17(15)21-25(23,24)18-12-5-4-10-16(18)19(22)14-7-2-1-3-8-14/h1-5,7-8,10,12,15,17,21H,6,9,11,13,20H2. The highest BCUT2D eigenvalue weighted by molar-refractivity contribution is 7.89. The molecule has 5 nitrogen and oxygen atoms in total. The largest absolute Gasteiger partial charge is 0.330 e. The van der Waals surface area contributed by atoms with E-state index in [2.05, 4.69) is 4.72 Å². The van der Waals surface area contributed by atoms with Crippen LogP contribution in [0.1, 0.15) is 35.2 Å². The molecule has 0 radical (unpaired) electrons. The van der Waals surface area contributed by atoms with Gasteiger partial charge in [0.05, 0.1) is 4.90 Å². The molecule has 1 aliphatic rings. The van der Waals surface area contributed by atoms with Gasteiger partial charge in [-0.2, -0.15) is 0 Å². The van der Waals surface area contributed by atoms with Crippen molar-refractivity contribution in [3.63, 3.8) is 0 Å². The summed E-state index contributed by atoms with van der Waals surface area (Å²) in [7, 11) is -3.80. The molecule has 2 unspecified atom stereocenters. The number of sulfonamides is 1. The molecule has 1 saturated carbocycles. The number of carbonyl (C=O) groups excluding carboxylic acids is 1. The van der Waals surface area contributed by atoms with Crippen LogP contribution in [0.15, 0.2) is 59.5 Å². The lowest BCUT2D eigenvalue weighted by molar-refractivity contribution is 0.103. The summed E-state index contributed by atoms with van der Waals surface area (Å²) in [5, 5.41) is 0. The number of hydrogen-bond acceptors (Lipinski definition) is 4. The van der Waals surface area contributed by atoms with E-state index in [-0.39, 0.29) is 28.2 Å². The maximum absolute atomic E-state index is 12.9. The summed E-state index contributed by atoms with van der Waals surface area (Å²) in [5.41, 5.74) is 6.39. The molecule has 0 saturated heterocycles. The lowest BCUT2D eigenvalue weighted by Gasteiger charge is -2.20. The van der Waals surface area contributed by atoms with Gasteiger partial charge >= 0.3 is 0 Å². The molecule has 1 aliphatic carbocycles. The molecule has 6 heteroatoms. The zero-order valence-electron chi connectivity index (χ0n) is 13.9. The Balaban J connectivity index is 1.93. The molecular formula is C19H22N2O3S. The zero-order chi connectivity index (χ0) is 17.9. The van der Waals surface area contributed by atoms with Crippen LogP contribution in [-0.2, 0) is 10.0 Å². The quantitative estimate of drug-likeness (QED) is 0.776. The Bertz CT molecular complexity index is 850. The highest BCUT2D eigenvalue weighted by atomic mass is 32.2. The van der Waals surface area contributed by atoms with Crippen molar-refractivity contribution in [1.82, 2.24) is 4.72 Å². The number of nitrogens with two attached hydrogens (primary N) is 1. The van der Waals surface area contributed by atoms with E-state index in [0.29, 0.717) is 12.1 Å². The number of rotatable bonds is 6. The van der Waals surface area contributed by atoms with Crippen LogP contribution >= 0.6 is 0 Å². The van der Waals surface area contributed by atoms with Gasteiger partial charge in [0.15, 0.2) is 5.78 Å². The molecule has 3 N–H and O–H groups in total. The SMILES string of the molecule is NCC1CCCC1NS(=O)(=O)c1ccccc1C(=O)c1ccccc1. The average molecular weight is 358 g/mol. The summed E-state index contributed by atoms with van der Waals surface area (Å²) in [6.07, 6.45) is 2.66. The van der Waals surface area contributed by atoms with Crippen LogP contribution in [0, 0.1) is 5.92 Å². The van der Waals surface area contributed by atoms with E-state index in [1.165, 1.54) is 6.07 Å². The van der Waals surface area contributed by atoms with Crippen LogP contribution in [0.5, 0.6) is 0 Å². The van der Waals surface area contributed by atoms with E-state index >= 15 is 0 Å². The molecule has 25 heavy (non-hydrogen) atoms. The number of nitrogens with one attached hydrogen (secondary N) is 1. The van der Waals surface area contributed by atoms with E-state index in [1.54, 1.807) is 42.5 Å². The average Bonchev–Trinajstić information content (AvgIpc) is 3.08. The molecule has 0 aliphatic heterocycles. The number of benzene rings is 2. The van der Waals surface area contributed by atoms with Crippen LogP contribution in [-0.4, -0.2) is 26.8 Å². The van der Waals surface area contributed by atoms with Crippen molar-refractivity contribution in [3.8, 4) is 0 Å². The normalized spacial score (nSPS) is 20.5. The highest BCUT2D eigenvalue weighted by Crippen LogP contribution is 2.27. The minimum atomic E-state index is -3.80. The van der Waals surface area contributed by atoms with Gasteiger partial charge in [-0.05, 0) is 37.4 Å². The van der Waals surface area contributed by atoms with Crippen molar-refractivity contribution in [2.45, 2.75) is 30.2 Å². The lowest BCUT2D eigenvalue weighted by Crippen LogP contribution is -2.40. The summed E-state index contributed by atoms with van der Waals surface area (Å²) in [5.74, 6) is -0.157. The van der Waals surface area contributed by atoms with Crippen molar-refractivity contribution in [3.05, 3.63) is 65.7 Å².